The lowest BCUT2D eigenvalue weighted by molar-refractivity contribution is 0.0940. The van der Waals surface area contributed by atoms with E-state index < -0.39 is 10.0 Å². The number of hydrogen-bond donors (Lipinski definition) is 1. The Kier molecular flexibility index (Phi) is 4.88. The van der Waals surface area contributed by atoms with E-state index in [4.69, 9.17) is 4.74 Å². The van der Waals surface area contributed by atoms with Crippen molar-refractivity contribution >= 4 is 15.7 Å². The zero-order valence-electron chi connectivity index (χ0n) is 15.2. The fourth-order valence-electron chi connectivity index (χ4n) is 3.30. The molecule has 0 bridgehead atoms. The molecule has 3 rings (SSSR count). The molecule has 136 valence electrons. The largest absolute Gasteiger partial charge is 0.376 e. The lowest BCUT2D eigenvalue weighted by Crippen LogP contribution is -2.17. The van der Waals surface area contributed by atoms with Gasteiger partial charge in [-0.3, -0.25) is 9.40 Å². The number of sulfonamides is 1. The summed E-state index contributed by atoms with van der Waals surface area (Å²) < 4.78 is 35.8. The van der Waals surface area contributed by atoms with Crippen LogP contribution in [0.2, 0.25) is 0 Å². The minimum atomic E-state index is -3.67. The smallest absolute Gasteiger partial charge is 0.262 e. The first kappa shape index (κ1) is 17.9. The van der Waals surface area contributed by atoms with E-state index in [1.165, 1.54) is 0 Å². The Morgan fingerprint density at radius 3 is 2.52 bits per heavy atom. The van der Waals surface area contributed by atoms with Crippen LogP contribution in [-0.4, -0.2) is 30.9 Å². The highest BCUT2D eigenvalue weighted by molar-refractivity contribution is 7.92. The first-order valence-corrected chi connectivity index (χ1v) is 10.0. The highest BCUT2D eigenvalue weighted by Crippen LogP contribution is 2.27. The zero-order valence-corrected chi connectivity index (χ0v) is 16.0. The molecule has 25 heavy (non-hydrogen) atoms. The Balaban J connectivity index is 1.84. The number of aryl methyl sites for hydroxylation is 2. The molecule has 0 unspecified atom stereocenters. The monoisotopic (exact) mass is 363 g/mol. The van der Waals surface area contributed by atoms with Gasteiger partial charge in [0, 0.05) is 12.8 Å². The summed E-state index contributed by atoms with van der Waals surface area (Å²) in [6.45, 7) is 8.98. The third kappa shape index (κ3) is 3.72. The Morgan fingerprint density at radius 2 is 1.92 bits per heavy atom. The summed E-state index contributed by atoms with van der Waals surface area (Å²) in [4.78, 5) is 0.358. The molecule has 1 aromatic carbocycles. The number of anilines is 1. The number of ether oxygens (including phenoxy) is 1. The van der Waals surface area contributed by atoms with Crippen LogP contribution in [0.4, 0.5) is 5.69 Å². The topological polar surface area (TPSA) is 73.2 Å². The van der Waals surface area contributed by atoms with Crippen molar-refractivity contribution in [2.75, 3.05) is 11.3 Å². The van der Waals surface area contributed by atoms with Crippen LogP contribution in [0.15, 0.2) is 23.4 Å². The maximum Gasteiger partial charge on any atom is 0.262 e. The van der Waals surface area contributed by atoms with Gasteiger partial charge in [-0.2, -0.15) is 5.10 Å². The van der Waals surface area contributed by atoms with Crippen LogP contribution in [-0.2, 0) is 21.3 Å². The number of hydrogen-bond acceptors (Lipinski definition) is 4. The van der Waals surface area contributed by atoms with Crippen LogP contribution in [0.3, 0.4) is 0 Å². The quantitative estimate of drug-likeness (QED) is 0.886. The molecule has 1 aliphatic rings. The molecule has 1 aromatic heterocycles. The van der Waals surface area contributed by atoms with Crippen molar-refractivity contribution < 1.29 is 13.2 Å². The second kappa shape index (κ2) is 6.80. The standard InChI is InChI=1S/C18H25N3O3S/c1-12-8-13(2)15(4)18(14(12)3)25(22,23)20-16-9-19-21(10-16)11-17-6-5-7-24-17/h8-10,17,20H,5-7,11H2,1-4H3/t17-/m0/s1. The van der Waals surface area contributed by atoms with Gasteiger partial charge < -0.3 is 4.74 Å². The molecule has 2 aromatic rings. The summed E-state index contributed by atoms with van der Waals surface area (Å²) in [6, 6.07) is 2.02. The van der Waals surface area contributed by atoms with Gasteiger partial charge in [0.15, 0.2) is 0 Å². The van der Waals surface area contributed by atoms with Gasteiger partial charge in [0.1, 0.15) is 0 Å². The highest BCUT2D eigenvalue weighted by atomic mass is 32.2. The Morgan fingerprint density at radius 1 is 1.24 bits per heavy atom. The first-order chi connectivity index (χ1) is 11.8. The fraction of sp³-hybridized carbons (Fsp3) is 0.500. The predicted octanol–water partition coefficient (Wildman–Crippen LogP) is 3.10. The lowest BCUT2D eigenvalue weighted by atomic mass is 10.0. The molecule has 1 atom stereocenters. The fourth-order valence-corrected chi connectivity index (χ4v) is 4.95. The van der Waals surface area contributed by atoms with E-state index >= 15 is 0 Å². The minimum absolute atomic E-state index is 0.160. The van der Waals surface area contributed by atoms with Gasteiger partial charge in [-0.25, -0.2) is 8.42 Å². The van der Waals surface area contributed by atoms with Crippen LogP contribution in [0.1, 0.15) is 35.1 Å². The van der Waals surface area contributed by atoms with Crippen molar-refractivity contribution in [2.24, 2.45) is 0 Å². The molecule has 0 aliphatic carbocycles. The number of nitrogens with one attached hydrogen (secondary N) is 1. The van der Waals surface area contributed by atoms with Crippen molar-refractivity contribution in [3.63, 3.8) is 0 Å². The lowest BCUT2D eigenvalue weighted by Gasteiger charge is -2.16. The zero-order chi connectivity index (χ0) is 18.2. The van der Waals surface area contributed by atoms with Gasteiger partial charge in [-0.05, 0) is 62.8 Å². The number of benzene rings is 1. The Bertz CT molecular complexity index is 855. The Hall–Kier alpha value is -1.86. The van der Waals surface area contributed by atoms with E-state index in [2.05, 4.69) is 9.82 Å². The molecule has 1 N–H and O–H groups in total. The Labute approximate surface area is 149 Å². The average molecular weight is 363 g/mol. The molecular formula is C18H25N3O3S. The van der Waals surface area contributed by atoms with Gasteiger partial charge in [0.25, 0.3) is 10.0 Å². The SMILES string of the molecule is Cc1cc(C)c(C)c(S(=O)(=O)Nc2cnn(C[C@@H]3CCCO3)c2)c1C. The summed E-state index contributed by atoms with van der Waals surface area (Å²) in [5.74, 6) is 0. The van der Waals surface area contributed by atoms with E-state index in [1.807, 2.05) is 33.8 Å². The minimum Gasteiger partial charge on any atom is -0.376 e. The van der Waals surface area contributed by atoms with Crippen molar-refractivity contribution in [2.45, 2.75) is 58.1 Å². The van der Waals surface area contributed by atoms with Crippen molar-refractivity contribution in [3.8, 4) is 0 Å². The normalized spacial score (nSPS) is 17.8. The van der Waals surface area contributed by atoms with Crippen LogP contribution >= 0.6 is 0 Å². The molecular weight excluding hydrogens is 338 g/mol. The van der Waals surface area contributed by atoms with Crippen molar-refractivity contribution in [3.05, 3.63) is 40.7 Å². The van der Waals surface area contributed by atoms with E-state index in [1.54, 1.807) is 17.1 Å². The van der Waals surface area contributed by atoms with E-state index in [0.717, 1.165) is 41.7 Å². The van der Waals surface area contributed by atoms with Crippen molar-refractivity contribution in [1.82, 2.24) is 9.78 Å². The van der Waals surface area contributed by atoms with Gasteiger partial charge in [0.2, 0.25) is 0 Å². The van der Waals surface area contributed by atoms with Gasteiger partial charge in [-0.15, -0.1) is 0 Å². The molecule has 0 saturated carbocycles. The van der Waals surface area contributed by atoms with E-state index in [0.29, 0.717) is 17.1 Å². The number of nitrogens with zero attached hydrogens (tertiary/aromatic N) is 2. The molecule has 1 saturated heterocycles. The molecule has 7 heteroatoms. The van der Waals surface area contributed by atoms with Crippen LogP contribution < -0.4 is 4.72 Å². The summed E-state index contributed by atoms with van der Waals surface area (Å²) in [7, 11) is -3.67. The third-order valence-electron chi connectivity index (χ3n) is 4.87. The maximum absolute atomic E-state index is 12.9. The summed E-state index contributed by atoms with van der Waals surface area (Å²) >= 11 is 0. The van der Waals surface area contributed by atoms with E-state index in [-0.39, 0.29) is 6.10 Å². The molecule has 0 amide bonds. The van der Waals surface area contributed by atoms with Crippen LogP contribution in [0.5, 0.6) is 0 Å². The second-order valence-corrected chi connectivity index (χ2v) is 8.40. The van der Waals surface area contributed by atoms with Crippen LogP contribution in [0, 0.1) is 27.7 Å². The molecule has 0 spiro atoms. The molecule has 0 radical (unpaired) electrons. The van der Waals surface area contributed by atoms with Crippen molar-refractivity contribution in [1.29, 1.82) is 0 Å². The summed E-state index contributed by atoms with van der Waals surface area (Å²) in [6.07, 6.45) is 5.50. The molecule has 6 nitrogen and oxygen atoms in total. The van der Waals surface area contributed by atoms with E-state index in [9.17, 15) is 8.42 Å². The maximum atomic E-state index is 12.9. The third-order valence-corrected chi connectivity index (χ3v) is 6.52. The van der Waals surface area contributed by atoms with Gasteiger partial charge in [0.05, 0.1) is 29.4 Å². The second-order valence-electron chi connectivity index (χ2n) is 6.78. The average Bonchev–Trinajstić information content (AvgIpc) is 3.17. The number of rotatable bonds is 5. The van der Waals surface area contributed by atoms with Gasteiger partial charge >= 0.3 is 0 Å². The first-order valence-electron chi connectivity index (χ1n) is 8.52. The molecule has 1 aliphatic heterocycles. The summed E-state index contributed by atoms with van der Waals surface area (Å²) in [5, 5.41) is 4.25. The number of aromatic nitrogens is 2. The summed E-state index contributed by atoms with van der Waals surface area (Å²) in [5.41, 5.74) is 3.97. The van der Waals surface area contributed by atoms with Crippen LogP contribution in [0.25, 0.3) is 0 Å². The van der Waals surface area contributed by atoms with Gasteiger partial charge in [-0.1, -0.05) is 6.07 Å². The molecule has 1 fully saturated rings. The highest BCUT2D eigenvalue weighted by Gasteiger charge is 2.23. The molecule has 2 heterocycles. The predicted molar refractivity (Wildman–Crippen MR) is 97.4 cm³/mol.